The van der Waals surface area contributed by atoms with Gasteiger partial charge in [0, 0.05) is 32.0 Å². The van der Waals surface area contributed by atoms with E-state index in [1.165, 1.54) is 19.3 Å². The van der Waals surface area contributed by atoms with Crippen LogP contribution in [-0.4, -0.2) is 33.4 Å². The molecule has 1 aliphatic heterocycles. The van der Waals surface area contributed by atoms with Gasteiger partial charge in [0.15, 0.2) is 0 Å². The molecule has 0 unspecified atom stereocenters. The summed E-state index contributed by atoms with van der Waals surface area (Å²) in [6, 6.07) is 0.175. The Bertz CT molecular complexity index is 453. The van der Waals surface area contributed by atoms with E-state index in [2.05, 4.69) is 39.2 Å². The fraction of sp³-hybridized carbons (Fsp3) is 0.800. The van der Waals surface area contributed by atoms with Gasteiger partial charge in [0.25, 0.3) is 0 Å². The number of nitrogens with zero attached hydrogens (tertiary/aromatic N) is 3. The molecule has 1 aliphatic rings. The van der Waals surface area contributed by atoms with Gasteiger partial charge in [-0.3, -0.25) is 0 Å². The Morgan fingerprint density at radius 3 is 2.81 bits per heavy atom. The highest BCUT2D eigenvalue weighted by molar-refractivity contribution is 5.74. The monoisotopic (exact) mass is 293 g/mol. The molecule has 21 heavy (non-hydrogen) atoms. The number of carbonyl (C=O) groups excluding carboxylic acids is 1. The zero-order valence-electron chi connectivity index (χ0n) is 13.2. The average molecular weight is 293 g/mol. The molecule has 0 saturated heterocycles. The highest BCUT2D eigenvalue weighted by Crippen LogP contribution is 2.14. The summed E-state index contributed by atoms with van der Waals surface area (Å²) in [5, 5.41) is 14.4. The lowest BCUT2D eigenvalue weighted by atomic mass is 10.2. The molecular formula is C15H27N5O. The van der Waals surface area contributed by atoms with Crippen LogP contribution in [0.25, 0.3) is 0 Å². The molecular weight excluding hydrogens is 266 g/mol. The van der Waals surface area contributed by atoms with Crippen molar-refractivity contribution >= 4 is 6.03 Å². The highest BCUT2D eigenvalue weighted by Gasteiger charge is 2.14. The number of urea groups is 1. The van der Waals surface area contributed by atoms with Crippen molar-refractivity contribution in [1.82, 2.24) is 25.4 Å². The number of nitrogens with one attached hydrogen (secondary N) is 2. The molecule has 0 bridgehead atoms. The van der Waals surface area contributed by atoms with Gasteiger partial charge in [0.05, 0.1) is 0 Å². The second-order valence-corrected chi connectivity index (χ2v) is 5.66. The van der Waals surface area contributed by atoms with Gasteiger partial charge in [-0.15, -0.1) is 10.2 Å². The maximum absolute atomic E-state index is 11.8. The van der Waals surface area contributed by atoms with E-state index in [0.717, 1.165) is 43.9 Å². The first-order valence-corrected chi connectivity index (χ1v) is 8.19. The molecule has 0 aromatic carbocycles. The highest BCUT2D eigenvalue weighted by atomic mass is 16.2. The molecule has 2 amide bonds. The van der Waals surface area contributed by atoms with Gasteiger partial charge in [-0.25, -0.2) is 4.79 Å². The predicted molar refractivity (Wildman–Crippen MR) is 82.2 cm³/mol. The van der Waals surface area contributed by atoms with Crippen LogP contribution in [0.3, 0.4) is 0 Å². The number of aromatic nitrogens is 3. The van der Waals surface area contributed by atoms with E-state index >= 15 is 0 Å². The quantitative estimate of drug-likeness (QED) is 0.843. The van der Waals surface area contributed by atoms with E-state index in [9.17, 15) is 4.79 Å². The normalized spacial score (nSPS) is 14.6. The Kier molecular flexibility index (Phi) is 6.02. The Balaban J connectivity index is 1.78. The van der Waals surface area contributed by atoms with E-state index in [-0.39, 0.29) is 12.1 Å². The number of amides is 2. The topological polar surface area (TPSA) is 71.8 Å². The number of rotatable bonds is 6. The SMILES string of the molecule is CCC(CC)NC(=O)NCCc1nnc2n1CCCCC2. The lowest BCUT2D eigenvalue weighted by molar-refractivity contribution is 0.236. The standard InChI is InChI=1S/C15H27N5O/c1-3-12(4-2)17-15(21)16-10-9-14-19-18-13-8-6-5-7-11-20(13)14/h12H,3-11H2,1-2H3,(H2,16,17,21). The molecule has 0 spiro atoms. The molecule has 1 aromatic heterocycles. The molecule has 0 saturated carbocycles. The van der Waals surface area contributed by atoms with Crippen molar-refractivity contribution in [2.24, 2.45) is 0 Å². The van der Waals surface area contributed by atoms with Gasteiger partial charge in [0.2, 0.25) is 0 Å². The smallest absolute Gasteiger partial charge is 0.315 e. The molecule has 0 aliphatic carbocycles. The van der Waals surface area contributed by atoms with E-state index in [0.29, 0.717) is 6.54 Å². The van der Waals surface area contributed by atoms with Gasteiger partial charge < -0.3 is 15.2 Å². The van der Waals surface area contributed by atoms with Crippen LogP contribution in [0.4, 0.5) is 4.79 Å². The van der Waals surface area contributed by atoms with Crippen LogP contribution in [0.15, 0.2) is 0 Å². The maximum Gasteiger partial charge on any atom is 0.315 e. The van der Waals surface area contributed by atoms with Crippen LogP contribution in [0.5, 0.6) is 0 Å². The summed E-state index contributed by atoms with van der Waals surface area (Å²) in [6.45, 7) is 5.78. The van der Waals surface area contributed by atoms with Crippen molar-refractivity contribution in [2.75, 3.05) is 6.54 Å². The minimum absolute atomic E-state index is 0.0840. The first kappa shape index (κ1) is 15.8. The molecule has 0 atom stereocenters. The van der Waals surface area contributed by atoms with Gasteiger partial charge in [-0.2, -0.15) is 0 Å². The van der Waals surface area contributed by atoms with Crippen LogP contribution in [-0.2, 0) is 19.4 Å². The second-order valence-electron chi connectivity index (χ2n) is 5.66. The summed E-state index contributed by atoms with van der Waals surface area (Å²) in [5.41, 5.74) is 0. The summed E-state index contributed by atoms with van der Waals surface area (Å²) in [7, 11) is 0. The molecule has 6 heteroatoms. The van der Waals surface area contributed by atoms with Gasteiger partial charge in [-0.05, 0) is 25.7 Å². The minimum atomic E-state index is -0.0840. The van der Waals surface area contributed by atoms with Crippen molar-refractivity contribution < 1.29 is 4.79 Å². The molecule has 2 heterocycles. The Labute approximate surface area is 126 Å². The van der Waals surface area contributed by atoms with Gasteiger partial charge in [-0.1, -0.05) is 20.3 Å². The van der Waals surface area contributed by atoms with E-state index < -0.39 is 0 Å². The number of hydrogen-bond donors (Lipinski definition) is 2. The molecule has 0 fully saturated rings. The van der Waals surface area contributed by atoms with Crippen molar-refractivity contribution in [2.45, 2.75) is 71.4 Å². The summed E-state index contributed by atoms with van der Waals surface area (Å²) >= 11 is 0. The number of carbonyl (C=O) groups is 1. The summed E-state index contributed by atoms with van der Waals surface area (Å²) in [6.07, 6.45) is 7.34. The fourth-order valence-electron chi connectivity index (χ4n) is 2.75. The number of aryl methyl sites for hydroxylation is 1. The largest absolute Gasteiger partial charge is 0.338 e. The van der Waals surface area contributed by atoms with Crippen LogP contribution < -0.4 is 10.6 Å². The molecule has 6 nitrogen and oxygen atoms in total. The fourth-order valence-corrected chi connectivity index (χ4v) is 2.75. The molecule has 1 aromatic rings. The van der Waals surface area contributed by atoms with Crippen LogP contribution in [0, 0.1) is 0 Å². The van der Waals surface area contributed by atoms with E-state index in [4.69, 9.17) is 0 Å². The third-order valence-corrected chi connectivity index (χ3v) is 4.14. The molecule has 0 radical (unpaired) electrons. The molecule has 2 N–H and O–H groups in total. The molecule has 2 rings (SSSR count). The summed E-state index contributed by atoms with van der Waals surface area (Å²) in [5.74, 6) is 2.10. The first-order chi connectivity index (χ1) is 10.2. The van der Waals surface area contributed by atoms with Crippen molar-refractivity contribution in [3.8, 4) is 0 Å². The zero-order valence-corrected chi connectivity index (χ0v) is 13.2. The summed E-state index contributed by atoms with van der Waals surface area (Å²) in [4.78, 5) is 11.8. The second kappa shape index (κ2) is 8.00. The average Bonchev–Trinajstić information content (AvgIpc) is 2.72. The van der Waals surface area contributed by atoms with Gasteiger partial charge in [0.1, 0.15) is 11.6 Å². The van der Waals surface area contributed by atoms with E-state index in [1.807, 2.05) is 0 Å². The minimum Gasteiger partial charge on any atom is -0.338 e. The predicted octanol–water partition coefficient (Wildman–Crippen LogP) is 2.03. The lowest BCUT2D eigenvalue weighted by Crippen LogP contribution is -2.42. The summed E-state index contributed by atoms with van der Waals surface area (Å²) < 4.78 is 2.23. The third kappa shape index (κ3) is 4.44. The Hall–Kier alpha value is -1.59. The molecule has 118 valence electrons. The maximum atomic E-state index is 11.8. The third-order valence-electron chi connectivity index (χ3n) is 4.14. The van der Waals surface area contributed by atoms with Gasteiger partial charge >= 0.3 is 6.03 Å². The number of fused-ring (bicyclic) bond motifs is 1. The van der Waals surface area contributed by atoms with Crippen LogP contribution in [0.1, 0.15) is 57.6 Å². The first-order valence-electron chi connectivity index (χ1n) is 8.19. The lowest BCUT2D eigenvalue weighted by Gasteiger charge is -2.15. The van der Waals surface area contributed by atoms with Crippen LogP contribution >= 0.6 is 0 Å². The Morgan fingerprint density at radius 2 is 2.05 bits per heavy atom. The van der Waals surface area contributed by atoms with Crippen molar-refractivity contribution in [1.29, 1.82) is 0 Å². The van der Waals surface area contributed by atoms with E-state index in [1.54, 1.807) is 0 Å². The van der Waals surface area contributed by atoms with Crippen molar-refractivity contribution in [3.63, 3.8) is 0 Å². The zero-order chi connectivity index (χ0) is 15.1. The Morgan fingerprint density at radius 1 is 1.24 bits per heavy atom. The van der Waals surface area contributed by atoms with Crippen molar-refractivity contribution in [3.05, 3.63) is 11.6 Å². The number of hydrogen-bond acceptors (Lipinski definition) is 3. The van der Waals surface area contributed by atoms with Crippen LogP contribution in [0.2, 0.25) is 0 Å².